The number of ether oxygens (including phenoxy) is 2. The number of halogens is 1. The predicted octanol–water partition coefficient (Wildman–Crippen LogP) is 5.50. The number of rotatable bonds is 6. The molecule has 26 heavy (non-hydrogen) atoms. The van der Waals surface area contributed by atoms with Gasteiger partial charge in [0, 0.05) is 10.9 Å². The molecule has 0 aliphatic rings. The molecule has 136 valence electrons. The first-order valence-corrected chi connectivity index (χ1v) is 9.31. The van der Waals surface area contributed by atoms with Gasteiger partial charge in [-0.25, -0.2) is 0 Å². The van der Waals surface area contributed by atoms with E-state index >= 15 is 0 Å². The second kappa shape index (κ2) is 7.96. The van der Waals surface area contributed by atoms with Gasteiger partial charge in [-0.05, 0) is 71.6 Å². The van der Waals surface area contributed by atoms with Crippen molar-refractivity contribution in [3.63, 3.8) is 0 Å². The molecule has 0 aliphatic carbocycles. The van der Waals surface area contributed by atoms with E-state index < -0.39 is 0 Å². The largest absolute Gasteiger partial charge is 0.489 e. The summed E-state index contributed by atoms with van der Waals surface area (Å²) in [5.41, 5.74) is 4.85. The summed E-state index contributed by atoms with van der Waals surface area (Å²) < 4.78 is 17.6. The molecule has 0 saturated heterocycles. The Hall–Kier alpha value is -2.27. The molecule has 0 unspecified atom stereocenters. The SMILES string of the molecule is CCOC(=O)Cc1ccc(C)cc1OCc1cc(Br)c2occ(C)c2c1. The number of benzene rings is 2. The number of fused-ring (bicyclic) bond motifs is 1. The lowest BCUT2D eigenvalue weighted by molar-refractivity contribution is -0.142. The van der Waals surface area contributed by atoms with Crippen molar-refractivity contribution in [2.45, 2.75) is 33.8 Å². The third-order valence-corrected chi connectivity index (χ3v) is 4.73. The number of carbonyl (C=O) groups excluding carboxylic acids is 1. The van der Waals surface area contributed by atoms with Gasteiger partial charge in [0.25, 0.3) is 0 Å². The van der Waals surface area contributed by atoms with Crippen LogP contribution in [0, 0.1) is 13.8 Å². The highest BCUT2D eigenvalue weighted by atomic mass is 79.9. The van der Waals surface area contributed by atoms with Gasteiger partial charge in [-0.15, -0.1) is 0 Å². The highest BCUT2D eigenvalue weighted by Gasteiger charge is 2.12. The Balaban J connectivity index is 1.82. The van der Waals surface area contributed by atoms with E-state index in [1.54, 1.807) is 13.2 Å². The van der Waals surface area contributed by atoms with Crippen LogP contribution in [0.4, 0.5) is 0 Å². The van der Waals surface area contributed by atoms with Crippen molar-refractivity contribution >= 4 is 32.9 Å². The van der Waals surface area contributed by atoms with Crippen LogP contribution in [-0.4, -0.2) is 12.6 Å². The van der Waals surface area contributed by atoms with E-state index in [1.807, 2.05) is 38.1 Å². The zero-order valence-corrected chi connectivity index (χ0v) is 16.7. The normalized spacial score (nSPS) is 10.9. The minimum Gasteiger partial charge on any atom is -0.489 e. The molecule has 2 aromatic carbocycles. The predicted molar refractivity (Wildman–Crippen MR) is 104 cm³/mol. The average Bonchev–Trinajstić information content (AvgIpc) is 2.97. The Bertz CT molecular complexity index is 943. The Morgan fingerprint density at radius 2 is 2.00 bits per heavy atom. The highest BCUT2D eigenvalue weighted by Crippen LogP contribution is 2.30. The maximum Gasteiger partial charge on any atom is 0.310 e. The Morgan fingerprint density at radius 1 is 1.19 bits per heavy atom. The quantitative estimate of drug-likeness (QED) is 0.497. The average molecular weight is 417 g/mol. The summed E-state index contributed by atoms with van der Waals surface area (Å²) in [4.78, 5) is 11.8. The van der Waals surface area contributed by atoms with Crippen molar-refractivity contribution in [1.29, 1.82) is 0 Å². The van der Waals surface area contributed by atoms with Crippen LogP contribution in [0.1, 0.15) is 29.2 Å². The van der Waals surface area contributed by atoms with E-state index in [0.717, 1.165) is 37.7 Å². The highest BCUT2D eigenvalue weighted by molar-refractivity contribution is 9.10. The van der Waals surface area contributed by atoms with Crippen LogP contribution in [0.25, 0.3) is 11.0 Å². The van der Waals surface area contributed by atoms with Crippen molar-refractivity contribution in [1.82, 2.24) is 0 Å². The molecule has 0 bridgehead atoms. The van der Waals surface area contributed by atoms with Crippen LogP contribution in [0.5, 0.6) is 5.75 Å². The monoisotopic (exact) mass is 416 g/mol. The van der Waals surface area contributed by atoms with E-state index in [4.69, 9.17) is 13.9 Å². The zero-order valence-electron chi connectivity index (χ0n) is 15.1. The first-order chi connectivity index (χ1) is 12.5. The summed E-state index contributed by atoms with van der Waals surface area (Å²) >= 11 is 3.55. The smallest absolute Gasteiger partial charge is 0.310 e. The maximum atomic E-state index is 11.8. The summed E-state index contributed by atoms with van der Waals surface area (Å²) in [7, 11) is 0. The van der Waals surface area contributed by atoms with Crippen LogP contribution in [0.15, 0.2) is 45.5 Å². The van der Waals surface area contributed by atoms with Crippen molar-refractivity contribution in [2.75, 3.05) is 6.61 Å². The lowest BCUT2D eigenvalue weighted by Crippen LogP contribution is -2.09. The van der Waals surface area contributed by atoms with Crippen molar-refractivity contribution in [3.8, 4) is 5.75 Å². The van der Waals surface area contributed by atoms with Gasteiger partial charge in [0.2, 0.25) is 0 Å². The standard InChI is InChI=1S/C21H21BrO4/c1-4-24-20(23)10-16-6-5-13(2)7-19(16)25-12-15-8-17-14(3)11-26-21(17)18(22)9-15/h5-9,11H,4,10,12H2,1-3H3. The molecule has 1 aromatic heterocycles. The molecule has 3 rings (SSSR count). The first-order valence-electron chi connectivity index (χ1n) is 8.52. The molecule has 4 nitrogen and oxygen atoms in total. The van der Waals surface area contributed by atoms with Gasteiger partial charge in [-0.3, -0.25) is 4.79 Å². The molecule has 0 N–H and O–H groups in total. The van der Waals surface area contributed by atoms with Gasteiger partial charge in [-0.1, -0.05) is 12.1 Å². The summed E-state index contributed by atoms with van der Waals surface area (Å²) in [5, 5.41) is 1.06. The Kier molecular flexibility index (Phi) is 5.67. The molecular weight excluding hydrogens is 396 g/mol. The third-order valence-electron chi connectivity index (χ3n) is 4.14. The van der Waals surface area contributed by atoms with Gasteiger partial charge < -0.3 is 13.9 Å². The third kappa shape index (κ3) is 4.10. The van der Waals surface area contributed by atoms with Crippen LogP contribution in [0.3, 0.4) is 0 Å². The number of esters is 1. The molecule has 0 fully saturated rings. The van der Waals surface area contributed by atoms with Gasteiger partial charge >= 0.3 is 5.97 Å². The molecule has 5 heteroatoms. The van der Waals surface area contributed by atoms with E-state index in [2.05, 4.69) is 22.0 Å². The van der Waals surface area contributed by atoms with Gasteiger partial charge in [0.1, 0.15) is 17.9 Å². The van der Waals surface area contributed by atoms with Crippen molar-refractivity contribution in [2.24, 2.45) is 0 Å². The van der Waals surface area contributed by atoms with Gasteiger partial charge in [0.15, 0.2) is 0 Å². The second-order valence-corrected chi connectivity index (χ2v) is 7.11. The maximum absolute atomic E-state index is 11.8. The van der Waals surface area contributed by atoms with Crippen molar-refractivity contribution < 1.29 is 18.7 Å². The molecule has 0 saturated carbocycles. The van der Waals surface area contributed by atoms with Gasteiger partial charge in [-0.2, -0.15) is 0 Å². The van der Waals surface area contributed by atoms with Crippen LogP contribution < -0.4 is 4.74 Å². The van der Waals surface area contributed by atoms with Crippen molar-refractivity contribution in [3.05, 3.63) is 63.3 Å². The second-order valence-electron chi connectivity index (χ2n) is 6.25. The molecule has 0 amide bonds. The molecule has 3 aromatic rings. The summed E-state index contributed by atoms with van der Waals surface area (Å²) in [6, 6.07) is 9.90. The fourth-order valence-corrected chi connectivity index (χ4v) is 3.43. The number of hydrogen-bond acceptors (Lipinski definition) is 4. The molecule has 0 atom stereocenters. The Morgan fingerprint density at radius 3 is 2.77 bits per heavy atom. The number of carbonyl (C=O) groups is 1. The lowest BCUT2D eigenvalue weighted by atomic mass is 10.1. The lowest BCUT2D eigenvalue weighted by Gasteiger charge is -2.13. The summed E-state index contributed by atoms with van der Waals surface area (Å²) in [6.45, 7) is 6.59. The number of furan rings is 1. The van der Waals surface area contributed by atoms with E-state index in [-0.39, 0.29) is 12.4 Å². The Labute approximate surface area is 161 Å². The van der Waals surface area contributed by atoms with E-state index in [0.29, 0.717) is 19.0 Å². The fraction of sp³-hybridized carbons (Fsp3) is 0.286. The minimum atomic E-state index is -0.251. The fourth-order valence-electron chi connectivity index (χ4n) is 2.83. The zero-order chi connectivity index (χ0) is 18.7. The molecule has 0 aliphatic heterocycles. The summed E-state index contributed by atoms with van der Waals surface area (Å²) in [6.07, 6.45) is 1.95. The number of aryl methyl sites for hydroxylation is 2. The van der Waals surface area contributed by atoms with E-state index in [1.165, 1.54) is 0 Å². The molecule has 1 heterocycles. The van der Waals surface area contributed by atoms with Gasteiger partial charge in [0.05, 0.1) is 23.8 Å². The molecule has 0 spiro atoms. The van der Waals surface area contributed by atoms with Crippen LogP contribution >= 0.6 is 15.9 Å². The number of hydrogen-bond donors (Lipinski definition) is 0. The molecule has 0 radical (unpaired) electrons. The minimum absolute atomic E-state index is 0.201. The first kappa shape index (κ1) is 18.5. The van der Waals surface area contributed by atoms with Crippen LogP contribution in [-0.2, 0) is 22.6 Å². The van der Waals surface area contributed by atoms with Crippen LogP contribution in [0.2, 0.25) is 0 Å². The van der Waals surface area contributed by atoms with E-state index in [9.17, 15) is 4.79 Å². The molecular formula is C21H21BrO4. The summed E-state index contributed by atoms with van der Waals surface area (Å²) in [5.74, 6) is 0.456. The topological polar surface area (TPSA) is 48.7 Å².